The molecule has 0 spiro atoms. The third-order valence-corrected chi connectivity index (χ3v) is 5.60. The summed E-state index contributed by atoms with van der Waals surface area (Å²) in [5.41, 5.74) is 2.81. The van der Waals surface area contributed by atoms with Gasteiger partial charge in [-0.3, -0.25) is 4.79 Å². The van der Waals surface area contributed by atoms with Crippen molar-refractivity contribution in [1.29, 1.82) is 0 Å². The minimum absolute atomic E-state index is 0.0211. The molecule has 2 N–H and O–H groups in total. The molecule has 3 rings (SSSR count). The second-order valence-electron chi connectivity index (χ2n) is 5.49. The van der Waals surface area contributed by atoms with Gasteiger partial charge in [0.2, 0.25) is 5.91 Å². The lowest BCUT2D eigenvalue weighted by Crippen LogP contribution is -2.27. The number of aryl methyl sites for hydroxylation is 1. The van der Waals surface area contributed by atoms with E-state index in [4.69, 9.17) is 23.2 Å². The van der Waals surface area contributed by atoms with Gasteiger partial charge in [-0.1, -0.05) is 39.1 Å². The molecule has 22 heavy (non-hydrogen) atoms. The third-order valence-electron chi connectivity index (χ3n) is 4.20. The van der Waals surface area contributed by atoms with Crippen LogP contribution in [-0.4, -0.2) is 28.7 Å². The van der Waals surface area contributed by atoms with Crippen molar-refractivity contribution in [3.8, 4) is 0 Å². The van der Waals surface area contributed by atoms with Crippen LogP contribution in [0.1, 0.15) is 23.6 Å². The molecule has 1 amide bonds. The van der Waals surface area contributed by atoms with Gasteiger partial charge in [-0.05, 0) is 18.1 Å². The number of carbonyl (C=O) groups excluding carboxylic acids is 1. The lowest BCUT2D eigenvalue weighted by atomic mass is 9.97. The SMILES string of the molecule is Cn1c2c(c3c(Br)cc(Cl)c(Cl)c31)CC(=O)NCC2CCO. The molecule has 7 heteroatoms. The molecule has 0 saturated heterocycles. The fourth-order valence-electron chi connectivity index (χ4n) is 3.29. The minimum Gasteiger partial charge on any atom is -0.396 e. The first-order valence-electron chi connectivity index (χ1n) is 6.97. The Morgan fingerprint density at radius 3 is 2.91 bits per heavy atom. The Hall–Kier alpha value is -0.750. The Morgan fingerprint density at radius 1 is 1.50 bits per heavy atom. The van der Waals surface area contributed by atoms with Gasteiger partial charge in [-0.15, -0.1) is 0 Å². The van der Waals surface area contributed by atoms with Crippen LogP contribution in [-0.2, 0) is 18.3 Å². The number of carbonyl (C=O) groups is 1. The van der Waals surface area contributed by atoms with Crippen LogP contribution < -0.4 is 5.32 Å². The van der Waals surface area contributed by atoms with Crippen LogP contribution in [0.4, 0.5) is 0 Å². The van der Waals surface area contributed by atoms with E-state index >= 15 is 0 Å². The Balaban J connectivity index is 2.38. The Labute approximate surface area is 146 Å². The van der Waals surface area contributed by atoms with E-state index in [0.29, 0.717) is 29.4 Å². The molecular weight excluding hydrogens is 391 g/mol. The zero-order valence-electron chi connectivity index (χ0n) is 11.9. The quantitative estimate of drug-likeness (QED) is 0.752. The topological polar surface area (TPSA) is 54.3 Å². The van der Waals surface area contributed by atoms with E-state index in [1.807, 2.05) is 11.6 Å². The number of amides is 1. The molecular formula is C15H15BrCl2N2O2. The highest BCUT2D eigenvalue weighted by molar-refractivity contribution is 9.10. The zero-order valence-corrected chi connectivity index (χ0v) is 15.0. The first-order chi connectivity index (χ1) is 10.5. The van der Waals surface area contributed by atoms with Gasteiger partial charge in [0.1, 0.15) is 0 Å². The molecule has 0 fully saturated rings. The summed E-state index contributed by atoms with van der Waals surface area (Å²) in [6.45, 7) is 0.580. The summed E-state index contributed by atoms with van der Waals surface area (Å²) in [6.07, 6.45) is 0.881. The van der Waals surface area contributed by atoms with E-state index in [0.717, 1.165) is 26.6 Å². The molecule has 1 atom stereocenters. The highest BCUT2D eigenvalue weighted by Gasteiger charge is 2.29. The second kappa shape index (κ2) is 6.04. The molecule has 1 aliphatic heterocycles. The van der Waals surface area contributed by atoms with Crippen molar-refractivity contribution in [2.45, 2.75) is 18.8 Å². The summed E-state index contributed by atoms with van der Waals surface area (Å²) in [5, 5.41) is 14.1. The Kier molecular flexibility index (Phi) is 4.42. The second-order valence-corrected chi connectivity index (χ2v) is 7.13. The molecule has 1 aromatic carbocycles. The van der Waals surface area contributed by atoms with Crippen molar-refractivity contribution in [2.24, 2.45) is 7.05 Å². The number of nitrogens with one attached hydrogen (secondary N) is 1. The van der Waals surface area contributed by atoms with E-state index < -0.39 is 0 Å². The number of fused-ring (bicyclic) bond motifs is 3. The summed E-state index contributed by atoms with van der Waals surface area (Å²) in [4.78, 5) is 12.1. The van der Waals surface area contributed by atoms with Gasteiger partial charge in [0.05, 0.1) is 22.0 Å². The van der Waals surface area contributed by atoms with Crippen LogP contribution in [0.5, 0.6) is 0 Å². The van der Waals surface area contributed by atoms with Crippen molar-refractivity contribution in [3.63, 3.8) is 0 Å². The molecule has 0 saturated carbocycles. The van der Waals surface area contributed by atoms with Crippen LogP contribution in [0, 0.1) is 0 Å². The van der Waals surface area contributed by atoms with Crippen LogP contribution in [0.2, 0.25) is 10.0 Å². The van der Waals surface area contributed by atoms with Crippen LogP contribution in [0.25, 0.3) is 10.9 Å². The smallest absolute Gasteiger partial charge is 0.224 e. The molecule has 2 heterocycles. The van der Waals surface area contributed by atoms with Crippen molar-refractivity contribution in [2.75, 3.05) is 13.2 Å². The number of aliphatic hydroxyl groups excluding tert-OH is 1. The Morgan fingerprint density at radius 2 is 2.23 bits per heavy atom. The highest BCUT2D eigenvalue weighted by Crippen LogP contribution is 2.43. The number of nitrogens with zero attached hydrogens (tertiary/aromatic N) is 1. The van der Waals surface area contributed by atoms with E-state index in [-0.39, 0.29) is 18.4 Å². The zero-order chi connectivity index (χ0) is 16.0. The van der Waals surface area contributed by atoms with Crippen LogP contribution >= 0.6 is 39.1 Å². The average molecular weight is 406 g/mol. The number of benzene rings is 1. The van der Waals surface area contributed by atoms with Crippen LogP contribution in [0.15, 0.2) is 10.5 Å². The van der Waals surface area contributed by atoms with Gasteiger partial charge in [0, 0.05) is 41.7 Å². The van der Waals surface area contributed by atoms with Crippen LogP contribution in [0.3, 0.4) is 0 Å². The molecule has 2 aromatic rings. The van der Waals surface area contributed by atoms with Gasteiger partial charge < -0.3 is 15.0 Å². The third kappa shape index (κ3) is 2.44. The fraction of sp³-hybridized carbons (Fsp3) is 0.400. The minimum atomic E-state index is -0.0211. The van der Waals surface area contributed by atoms with Crippen molar-refractivity contribution in [3.05, 3.63) is 31.8 Å². The van der Waals surface area contributed by atoms with Gasteiger partial charge in [0.15, 0.2) is 0 Å². The largest absolute Gasteiger partial charge is 0.396 e. The predicted octanol–water partition coefficient (Wildman–Crippen LogP) is 3.39. The van der Waals surface area contributed by atoms with Crippen molar-refractivity contribution < 1.29 is 9.90 Å². The van der Waals surface area contributed by atoms with Gasteiger partial charge in [0.25, 0.3) is 0 Å². The molecule has 118 valence electrons. The summed E-state index contributed by atoms with van der Waals surface area (Å²) in [6, 6.07) is 1.76. The number of hydrogen-bond donors (Lipinski definition) is 2. The normalized spacial score (nSPS) is 18.2. The van der Waals surface area contributed by atoms with Crippen molar-refractivity contribution in [1.82, 2.24) is 9.88 Å². The first kappa shape index (κ1) is 16.1. The van der Waals surface area contributed by atoms with E-state index in [1.54, 1.807) is 6.07 Å². The van der Waals surface area contributed by atoms with Gasteiger partial charge >= 0.3 is 0 Å². The maximum atomic E-state index is 12.1. The number of rotatable bonds is 2. The van der Waals surface area contributed by atoms with E-state index in [2.05, 4.69) is 21.2 Å². The lowest BCUT2D eigenvalue weighted by Gasteiger charge is -2.16. The predicted molar refractivity (Wildman–Crippen MR) is 91.8 cm³/mol. The number of aromatic nitrogens is 1. The van der Waals surface area contributed by atoms with E-state index in [9.17, 15) is 9.90 Å². The monoisotopic (exact) mass is 404 g/mol. The number of aliphatic hydroxyl groups is 1. The molecule has 1 aromatic heterocycles. The summed E-state index contributed by atoms with van der Waals surface area (Å²) in [5.74, 6) is 0.0257. The molecule has 1 aliphatic rings. The number of hydrogen-bond acceptors (Lipinski definition) is 2. The van der Waals surface area contributed by atoms with Crippen molar-refractivity contribution >= 4 is 55.9 Å². The Bertz CT molecular complexity index is 773. The average Bonchev–Trinajstić information content (AvgIpc) is 2.63. The number of halogens is 3. The maximum Gasteiger partial charge on any atom is 0.224 e. The standard InChI is InChI=1S/C15H15BrCl2N2O2/c1-20-14-7(2-3-21)6-19-11(22)4-8(14)12-9(16)5-10(17)13(18)15(12)20/h5,7,21H,2-4,6H2,1H3,(H,19,22). The lowest BCUT2D eigenvalue weighted by molar-refractivity contribution is -0.120. The summed E-state index contributed by atoms with van der Waals surface area (Å²) >= 11 is 16.1. The maximum absolute atomic E-state index is 12.1. The first-order valence-corrected chi connectivity index (χ1v) is 8.52. The summed E-state index contributed by atoms with van der Waals surface area (Å²) in [7, 11) is 1.93. The van der Waals surface area contributed by atoms with E-state index in [1.165, 1.54) is 0 Å². The van der Waals surface area contributed by atoms with Gasteiger partial charge in [-0.25, -0.2) is 0 Å². The fourth-order valence-corrected chi connectivity index (χ4v) is 4.55. The molecule has 0 bridgehead atoms. The summed E-state index contributed by atoms with van der Waals surface area (Å²) < 4.78 is 2.83. The molecule has 1 unspecified atom stereocenters. The molecule has 4 nitrogen and oxygen atoms in total. The van der Waals surface area contributed by atoms with Gasteiger partial charge in [-0.2, -0.15) is 0 Å². The molecule has 0 aliphatic carbocycles. The highest BCUT2D eigenvalue weighted by atomic mass is 79.9. The molecule has 0 radical (unpaired) electrons.